The van der Waals surface area contributed by atoms with E-state index < -0.39 is 156 Å². The zero-order valence-electron chi connectivity index (χ0n) is 59.8. The first-order valence-corrected chi connectivity index (χ1v) is 32.7. The number of nitrogens with one attached hydrogen (secondary N) is 4. The third-order valence-corrected chi connectivity index (χ3v) is 17.3. The number of hydrogen-bond acceptors (Lipinski definition) is 13. The highest BCUT2D eigenvalue weighted by molar-refractivity contribution is 5.99. The summed E-state index contributed by atoms with van der Waals surface area (Å²) in [5.74, 6) is -9.35. The molecule has 0 bridgehead atoms. The van der Waals surface area contributed by atoms with Crippen LogP contribution in [0.5, 0.6) is 5.75 Å². The smallest absolute Gasteiger partial charge is 0.246 e. The number of carbonyl (C=O) groups is 11. The lowest BCUT2D eigenvalue weighted by Gasteiger charge is -2.41. The fourth-order valence-corrected chi connectivity index (χ4v) is 11.5. The molecule has 1 heterocycles. The predicted octanol–water partition coefficient (Wildman–Crippen LogP) is 4.41. The Labute approximate surface area is 549 Å². The third kappa shape index (κ3) is 22.6. The van der Waals surface area contributed by atoms with Crippen LogP contribution in [-0.2, 0) is 52.7 Å². The minimum absolute atomic E-state index is 0.00107. The summed E-state index contributed by atoms with van der Waals surface area (Å²) >= 11 is 0. The quantitative estimate of drug-likeness (QED) is 0.145. The van der Waals surface area contributed by atoms with E-state index in [0.29, 0.717) is 5.75 Å². The molecule has 24 heteroatoms. The first-order chi connectivity index (χ1) is 42.7. The number of carbonyl (C=O) groups excluding carboxylic acids is 11. The van der Waals surface area contributed by atoms with Crippen LogP contribution in [0.25, 0.3) is 6.08 Å². The Morgan fingerprint density at radius 2 is 0.924 bits per heavy atom. The lowest BCUT2D eigenvalue weighted by atomic mass is 9.91. The number of nitrogens with zero attached hydrogens (tertiary/aromatic N) is 7. The highest BCUT2D eigenvalue weighted by atomic mass is 16.5. The van der Waals surface area contributed by atoms with E-state index in [1.165, 1.54) is 87.7 Å². The maximum absolute atomic E-state index is 15.4. The summed E-state index contributed by atoms with van der Waals surface area (Å²) in [6.07, 6.45) is 2.89. The zero-order chi connectivity index (χ0) is 70.7. The maximum atomic E-state index is 15.4. The molecule has 1 fully saturated rings. The molecule has 24 nitrogen and oxygen atoms in total. The van der Waals surface area contributed by atoms with Gasteiger partial charge in [-0.15, -0.1) is 0 Å². The summed E-state index contributed by atoms with van der Waals surface area (Å²) in [6, 6.07) is -5.25. The van der Waals surface area contributed by atoms with Crippen molar-refractivity contribution in [3.63, 3.8) is 0 Å². The number of aliphatic hydroxyl groups excluding tert-OH is 1. The van der Waals surface area contributed by atoms with Crippen LogP contribution in [0, 0.1) is 41.4 Å². The molecule has 0 aliphatic carbocycles. The average molecular weight is 1290 g/mol. The Morgan fingerprint density at radius 1 is 0.489 bits per heavy atom. The minimum Gasteiger partial charge on any atom is -0.497 e. The lowest BCUT2D eigenvalue weighted by Crippen LogP contribution is -2.63. The fraction of sp³-hybridized carbons (Fsp3) is 0.721. The van der Waals surface area contributed by atoms with Crippen molar-refractivity contribution in [2.75, 3.05) is 63.0 Å². The molecular weight excluding hydrogens is 1180 g/mol. The summed E-state index contributed by atoms with van der Waals surface area (Å²) in [7, 11) is 11.5. The average Bonchev–Trinajstić information content (AvgIpc) is 0.823. The van der Waals surface area contributed by atoms with Crippen molar-refractivity contribution in [3.8, 4) is 5.75 Å². The van der Waals surface area contributed by atoms with Crippen LogP contribution in [0.15, 0.2) is 30.3 Å². The molecule has 11 amide bonds. The van der Waals surface area contributed by atoms with Gasteiger partial charge in [0.1, 0.15) is 66.2 Å². The van der Waals surface area contributed by atoms with E-state index in [4.69, 9.17) is 4.74 Å². The molecule has 5 N–H and O–H groups in total. The van der Waals surface area contributed by atoms with Gasteiger partial charge in [-0.2, -0.15) is 0 Å². The van der Waals surface area contributed by atoms with Crippen molar-refractivity contribution < 1.29 is 62.6 Å². The number of methoxy groups -OCH3 is 1. The first kappa shape index (κ1) is 81.0. The normalized spacial score (nSPS) is 25.7. The second-order valence-corrected chi connectivity index (χ2v) is 27.7. The van der Waals surface area contributed by atoms with Gasteiger partial charge in [0.15, 0.2) is 0 Å². The van der Waals surface area contributed by atoms with E-state index in [9.17, 15) is 38.7 Å². The van der Waals surface area contributed by atoms with Gasteiger partial charge >= 0.3 is 0 Å². The summed E-state index contributed by atoms with van der Waals surface area (Å²) < 4.78 is 5.30. The van der Waals surface area contributed by atoms with Crippen LogP contribution in [0.2, 0.25) is 0 Å². The second kappa shape index (κ2) is 37.0. The summed E-state index contributed by atoms with van der Waals surface area (Å²) in [5.41, 5.74) is 0.834. The SMILES string of the molecule is CC[C@@H]1NC(=O)[C@H]([C@H](O)[C@H](C)C/C=C/c2ccc(OC)cc2)N(C)C(=O)[C@H](C(C)C)N(C)C(=O)[C@H](CC(C)C)N(C)C(=O)[C@H](CC(C)C)N(C)C(=O)[C@@H](C)NC(=O)[C@H](C)NC(=O)[C@H](CC(C)C)N(C)C(=O)[C@H](C(C)C)NC(=O)[C@H](CC(C)C)N(C)C(=O)CN(C)C1=O. The highest BCUT2D eigenvalue weighted by Gasteiger charge is 2.46. The van der Waals surface area contributed by atoms with Gasteiger partial charge in [-0.1, -0.05) is 121 Å². The number of aliphatic hydroxyl groups is 1. The molecule has 0 spiro atoms. The number of allylic oxidation sites excluding steroid dienone is 1. The Bertz CT molecular complexity index is 2700. The van der Waals surface area contributed by atoms with Crippen LogP contribution in [0.1, 0.15) is 155 Å². The van der Waals surface area contributed by atoms with E-state index >= 15 is 19.2 Å². The highest BCUT2D eigenvalue weighted by Crippen LogP contribution is 2.26. The lowest BCUT2D eigenvalue weighted by molar-refractivity contribution is -0.157. The molecule has 2 rings (SSSR count). The van der Waals surface area contributed by atoms with Gasteiger partial charge in [-0.25, -0.2) is 0 Å². The van der Waals surface area contributed by atoms with Gasteiger partial charge in [0.05, 0.1) is 19.8 Å². The van der Waals surface area contributed by atoms with Crippen molar-refractivity contribution >= 4 is 71.1 Å². The van der Waals surface area contributed by atoms with Crippen molar-refractivity contribution in [1.29, 1.82) is 0 Å². The number of ether oxygens (including phenoxy) is 1. The van der Waals surface area contributed by atoms with E-state index in [1.807, 2.05) is 79.7 Å². The molecule has 1 saturated heterocycles. The van der Waals surface area contributed by atoms with Gasteiger partial charge in [0, 0.05) is 49.3 Å². The van der Waals surface area contributed by atoms with E-state index in [2.05, 4.69) is 21.3 Å². The van der Waals surface area contributed by atoms with Crippen LogP contribution in [0.4, 0.5) is 0 Å². The molecule has 1 aromatic carbocycles. The van der Waals surface area contributed by atoms with Crippen LogP contribution >= 0.6 is 0 Å². The zero-order valence-corrected chi connectivity index (χ0v) is 59.8. The van der Waals surface area contributed by atoms with Gasteiger partial charge in [0.2, 0.25) is 65.0 Å². The molecular formula is C68H115N11O13. The number of benzene rings is 1. The van der Waals surface area contributed by atoms with Crippen molar-refractivity contribution in [2.24, 2.45) is 41.4 Å². The monoisotopic (exact) mass is 1290 g/mol. The molecule has 0 aromatic heterocycles. The fourth-order valence-electron chi connectivity index (χ4n) is 11.5. The van der Waals surface area contributed by atoms with Crippen LogP contribution < -0.4 is 26.0 Å². The van der Waals surface area contributed by atoms with Crippen molar-refractivity contribution in [2.45, 2.75) is 216 Å². The first-order valence-electron chi connectivity index (χ1n) is 32.7. The molecule has 520 valence electrons. The number of amides is 11. The standard InChI is InChI=1S/C68H115N11O13/c1-25-49-64(87)73(17)37-54(80)74(18)50(33-38(2)3)61(84)72-55(42(10)11)67(90)75(19)51(34-39(4)5)60(83)69-45(15)59(82)70-46(16)63(86)76(20)52(35-40(6)7)65(88)77(21)53(36-41(8)9)66(89)78(22)56(43(12)13)68(91)79(23)57(62(85)71-49)58(81)44(14)27-26-28-47-29-31-48(92-24)32-30-47/h26,28-32,38-46,49-53,55-58,81H,25,27,33-37H2,1-24H3,(H,69,83)(H,70,82)(H,71,85)(H,72,84)/b28-26+/t44-,45+,46-,49+,50+,51+,52+,53+,55+,56+,57+,58-/m1/s1. The molecule has 0 radical (unpaired) electrons. The van der Waals surface area contributed by atoms with Crippen molar-refractivity contribution in [3.05, 3.63) is 35.9 Å². The van der Waals surface area contributed by atoms with E-state index in [1.54, 1.807) is 60.8 Å². The third-order valence-electron chi connectivity index (χ3n) is 17.3. The number of rotatable bonds is 17. The number of hydrogen-bond donors (Lipinski definition) is 5. The van der Waals surface area contributed by atoms with Crippen LogP contribution in [0.3, 0.4) is 0 Å². The Balaban J connectivity index is 2.99. The van der Waals surface area contributed by atoms with Crippen LogP contribution in [-0.4, -0.2) is 234 Å². The summed E-state index contributed by atoms with van der Waals surface area (Å²) in [6.45, 7) is 27.5. The van der Waals surface area contributed by atoms with E-state index in [-0.39, 0.29) is 62.2 Å². The van der Waals surface area contributed by atoms with Gasteiger partial charge in [0.25, 0.3) is 0 Å². The predicted molar refractivity (Wildman–Crippen MR) is 356 cm³/mol. The molecule has 0 unspecified atom stereocenters. The van der Waals surface area contributed by atoms with Gasteiger partial charge in [-0.05, 0) is 111 Å². The van der Waals surface area contributed by atoms with Crippen molar-refractivity contribution in [1.82, 2.24) is 55.6 Å². The topological polar surface area (TPSA) is 288 Å². The summed E-state index contributed by atoms with van der Waals surface area (Å²) in [4.78, 5) is 170. The molecule has 0 saturated carbocycles. The molecule has 1 aliphatic heterocycles. The van der Waals surface area contributed by atoms with Gasteiger partial charge < -0.3 is 65.4 Å². The Hall–Kier alpha value is -7.11. The summed E-state index contributed by atoms with van der Waals surface area (Å²) in [5, 5.41) is 23.4. The number of likely N-dealkylation sites (N-methyl/N-ethyl adjacent to an activating group) is 7. The maximum Gasteiger partial charge on any atom is 0.246 e. The van der Waals surface area contributed by atoms with E-state index in [0.717, 1.165) is 15.4 Å². The largest absolute Gasteiger partial charge is 0.497 e. The Morgan fingerprint density at radius 3 is 1.39 bits per heavy atom. The molecule has 1 aliphatic rings. The molecule has 92 heavy (non-hydrogen) atoms. The minimum atomic E-state index is -1.67. The molecule has 12 atom stereocenters. The molecule has 1 aromatic rings. The Kier molecular flexibility index (Phi) is 32.5. The van der Waals surface area contributed by atoms with Gasteiger partial charge in [-0.3, -0.25) is 52.7 Å². The second-order valence-electron chi connectivity index (χ2n) is 27.7.